The van der Waals surface area contributed by atoms with Gasteiger partial charge < -0.3 is 5.11 Å². The summed E-state index contributed by atoms with van der Waals surface area (Å²) in [6.45, 7) is 1.97. The molecule has 164 valence electrons. The smallest absolute Gasteiger partial charge is 0.301 e. The van der Waals surface area contributed by atoms with E-state index in [9.17, 15) is 19.1 Å². The summed E-state index contributed by atoms with van der Waals surface area (Å²) in [6.07, 6.45) is 0. The number of carbonyl (C=O) groups is 2. The lowest BCUT2D eigenvalue weighted by atomic mass is 9.95. The second-order valence-electron chi connectivity index (χ2n) is 7.70. The van der Waals surface area contributed by atoms with E-state index in [1.54, 1.807) is 24.3 Å². The van der Waals surface area contributed by atoms with Crippen LogP contribution in [0, 0.1) is 12.7 Å². The third-order valence-electron chi connectivity index (χ3n) is 5.49. The van der Waals surface area contributed by atoms with Gasteiger partial charge in [-0.3, -0.25) is 14.5 Å². The minimum absolute atomic E-state index is 0.0654. The maximum Gasteiger partial charge on any atom is 0.301 e. The number of Topliss-reactive ketones (excluding diaryl/α,β-unsaturated/α-hetero) is 1. The second-order valence-corrected chi connectivity index (χ2v) is 9.62. The molecule has 0 radical (unpaired) electrons. The van der Waals surface area contributed by atoms with Gasteiger partial charge in [0.25, 0.3) is 5.78 Å². The van der Waals surface area contributed by atoms with Crippen molar-refractivity contribution in [3.63, 3.8) is 0 Å². The van der Waals surface area contributed by atoms with Gasteiger partial charge in [-0.2, -0.15) is 0 Å². The molecule has 1 amide bonds. The van der Waals surface area contributed by atoms with Gasteiger partial charge in [-0.25, -0.2) is 9.37 Å². The van der Waals surface area contributed by atoms with Crippen molar-refractivity contribution in [2.75, 3.05) is 4.90 Å². The van der Waals surface area contributed by atoms with Gasteiger partial charge >= 0.3 is 5.91 Å². The Morgan fingerprint density at radius 3 is 2.45 bits per heavy atom. The number of hydrogen-bond acceptors (Lipinski definition) is 5. The molecule has 0 saturated carbocycles. The number of aromatic nitrogens is 1. The fraction of sp³-hybridized carbons (Fsp3) is 0.0800. The number of amides is 1. The Bertz CT molecular complexity index is 1450. The van der Waals surface area contributed by atoms with E-state index in [1.807, 2.05) is 25.1 Å². The van der Waals surface area contributed by atoms with Gasteiger partial charge in [0, 0.05) is 10.0 Å². The zero-order valence-electron chi connectivity index (χ0n) is 17.3. The van der Waals surface area contributed by atoms with Gasteiger partial charge in [-0.15, -0.1) is 0 Å². The van der Waals surface area contributed by atoms with E-state index in [4.69, 9.17) is 0 Å². The van der Waals surface area contributed by atoms with E-state index in [0.717, 1.165) is 20.3 Å². The number of aryl methyl sites for hydroxylation is 1. The Morgan fingerprint density at radius 2 is 1.76 bits per heavy atom. The topological polar surface area (TPSA) is 70.5 Å². The molecule has 1 aliphatic rings. The van der Waals surface area contributed by atoms with Crippen LogP contribution in [0.15, 0.2) is 76.8 Å². The first-order valence-electron chi connectivity index (χ1n) is 10.0. The molecule has 0 aliphatic carbocycles. The molecule has 1 aliphatic heterocycles. The molecular formula is C25H16BrFN2O3S. The van der Waals surface area contributed by atoms with Gasteiger partial charge in [0.15, 0.2) is 5.13 Å². The van der Waals surface area contributed by atoms with Gasteiger partial charge in [-0.05, 0) is 66.6 Å². The summed E-state index contributed by atoms with van der Waals surface area (Å²) >= 11 is 4.71. The predicted molar refractivity (Wildman–Crippen MR) is 130 cm³/mol. The average molecular weight is 523 g/mol. The summed E-state index contributed by atoms with van der Waals surface area (Å²) in [7, 11) is 0. The fourth-order valence-electron chi connectivity index (χ4n) is 3.88. The number of halogens is 2. The Hall–Kier alpha value is -3.36. The number of ketones is 1. The van der Waals surface area contributed by atoms with Crippen molar-refractivity contribution in [1.29, 1.82) is 0 Å². The molecule has 1 atom stereocenters. The van der Waals surface area contributed by atoms with E-state index in [1.165, 1.54) is 40.5 Å². The van der Waals surface area contributed by atoms with Crippen molar-refractivity contribution < 1.29 is 19.1 Å². The number of anilines is 1. The summed E-state index contributed by atoms with van der Waals surface area (Å²) in [5, 5.41) is 11.4. The van der Waals surface area contributed by atoms with Crippen LogP contribution in [0.5, 0.6) is 0 Å². The highest BCUT2D eigenvalue weighted by molar-refractivity contribution is 9.10. The lowest BCUT2D eigenvalue weighted by molar-refractivity contribution is -0.132. The van der Waals surface area contributed by atoms with Crippen LogP contribution in [-0.4, -0.2) is 21.8 Å². The van der Waals surface area contributed by atoms with E-state index in [0.29, 0.717) is 10.7 Å². The van der Waals surface area contributed by atoms with Gasteiger partial charge in [-0.1, -0.05) is 45.5 Å². The lowest BCUT2D eigenvalue weighted by Crippen LogP contribution is -2.29. The molecule has 33 heavy (non-hydrogen) atoms. The van der Waals surface area contributed by atoms with E-state index in [2.05, 4.69) is 20.9 Å². The maximum atomic E-state index is 13.4. The van der Waals surface area contributed by atoms with Crippen LogP contribution in [-0.2, 0) is 9.59 Å². The molecule has 1 saturated heterocycles. The number of thiazole rings is 1. The number of nitrogens with zero attached hydrogens (tertiary/aromatic N) is 2. The molecule has 4 aromatic rings. The van der Waals surface area contributed by atoms with Crippen LogP contribution in [0.4, 0.5) is 9.52 Å². The van der Waals surface area contributed by atoms with Gasteiger partial charge in [0.2, 0.25) is 0 Å². The number of aliphatic hydroxyl groups is 1. The second kappa shape index (κ2) is 8.20. The molecule has 1 fully saturated rings. The Balaban J connectivity index is 1.73. The van der Waals surface area contributed by atoms with E-state index in [-0.39, 0.29) is 16.9 Å². The summed E-state index contributed by atoms with van der Waals surface area (Å²) < 4.78 is 15.1. The largest absolute Gasteiger partial charge is 0.507 e. The van der Waals surface area contributed by atoms with Gasteiger partial charge in [0.05, 0.1) is 21.8 Å². The third kappa shape index (κ3) is 3.75. The predicted octanol–water partition coefficient (Wildman–Crippen LogP) is 6.13. The number of fused-ring (bicyclic) bond motifs is 1. The highest BCUT2D eigenvalue weighted by Crippen LogP contribution is 2.44. The number of benzene rings is 3. The van der Waals surface area contributed by atoms with Crippen LogP contribution < -0.4 is 4.90 Å². The molecular weight excluding hydrogens is 507 g/mol. The van der Waals surface area contributed by atoms with Crippen molar-refractivity contribution in [2.24, 2.45) is 0 Å². The molecule has 1 unspecified atom stereocenters. The highest BCUT2D eigenvalue weighted by Gasteiger charge is 2.48. The molecule has 8 heteroatoms. The third-order valence-corrected chi connectivity index (χ3v) is 7.03. The minimum Gasteiger partial charge on any atom is -0.507 e. The number of rotatable bonds is 3. The van der Waals surface area contributed by atoms with Crippen LogP contribution in [0.25, 0.3) is 16.0 Å². The summed E-state index contributed by atoms with van der Waals surface area (Å²) in [4.78, 5) is 32.3. The Morgan fingerprint density at radius 1 is 1.06 bits per heavy atom. The van der Waals surface area contributed by atoms with E-state index < -0.39 is 23.5 Å². The normalized spacial score (nSPS) is 17.8. The molecule has 0 bridgehead atoms. The molecule has 3 aromatic carbocycles. The average Bonchev–Trinajstić information content (AvgIpc) is 3.32. The fourth-order valence-corrected chi connectivity index (χ4v) is 5.23. The highest BCUT2D eigenvalue weighted by atomic mass is 79.9. The first kappa shape index (κ1) is 21.5. The van der Waals surface area contributed by atoms with Crippen LogP contribution in [0.2, 0.25) is 0 Å². The summed E-state index contributed by atoms with van der Waals surface area (Å²) in [5.74, 6) is -2.43. The van der Waals surface area contributed by atoms with Crippen LogP contribution >= 0.6 is 27.3 Å². The Labute approximate surface area is 200 Å². The lowest BCUT2D eigenvalue weighted by Gasteiger charge is -2.23. The summed E-state index contributed by atoms with van der Waals surface area (Å²) in [6, 6.07) is 17.2. The number of aliphatic hydroxyl groups excluding tert-OH is 1. The maximum absolute atomic E-state index is 13.4. The monoisotopic (exact) mass is 522 g/mol. The zero-order valence-corrected chi connectivity index (χ0v) is 19.7. The molecule has 2 heterocycles. The summed E-state index contributed by atoms with van der Waals surface area (Å²) in [5.41, 5.74) is 2.59. The minimum atomic E-state index is -0.884. The first-order valence-corrected chi connectivity index (χ1v) is 11.6. The van der Waals surface area contributed by atoms with Crippen LogP contribution in [0.3, 0.4) is 0 Å². The van der Waals surface area contributed by atoms with Crippen molar-refractivity contribution in [3.05, 3.63) is 99.3 Å². The quantitative estimate of drug-likeness (QED) is 0.199. The zero-order chi connectivity index (χ0) is 23.3. The molecule has 1 aromatic heterocycles. The SMILES string of the molecule is Cc1ccc2nc(N3C(=O)C(=O)/C(=C(/O)c4ccc(F)cc4)C3c3ccc(Br)cc3)sc2c1. The molecule has 0 spiro atoms. The number of carbonyl (C=O) groups excluding carboxylic acids is 2. The Kier molecular flexibility index (Phi) is 5.34. The van der Waals surface area contributed by atoms with Crippen molar-refractivity contribution >= 4 is 60.1 Å². The number of hydrogen-bond donors (Lipinski definition) is 1. The van der Waals surface area contributed by atoms with Crippen molar-refractivity contribution in [3.8, 4) is 0 Å². The molecule has 5 nitrogen and oxygen atoms in total. The van der Waals surface area contributed by atoms with E-state index >= 15 is 0 Å². The first-order chi connectivity index (χ1) is 15.8. The molecule has 1 N–H and O–H groups in total. The molecule has 5 rings (SSSR count). The van der Waals surface area contributed by atoms with Gasteiger partial charge in [0.1, 0.15) is 11.6 Å². The standard InChI is InChI=1S/C25H16BrFN2O3S/c1-13-2-11-18-19(12-13)33-25(28-18)29-21(14-3-7-16(26)8-4-14)20(23(31)24(29)32)22(30)15-5-9-17(27)10-6-15/h2-12,21,30H,1H3/b22-20+. The van der Waals surface area contributed by atoms with Crippen molar-refractivity contribution in [1.82, 2.24) is 4.98 Å². The van der Waals surface area contributed by atoms with Crippen molar-refractivity contribution in [2.45, 2.75) is 13.0 Å². The van der Waals surface area contributed by atoms with Crippen LogP contribution in [0.1, 0.15) is 22.7 Å².